The van der Waals surface area contributed by atoms with E-state index in [4.69, 9.17) is 4.74 Å². The zero-order valence-electron chi connectivity index (χ0n) is 16.2. The number of carbonyl (C=O) groups excluding carboxylic acids is 1. The number of rotatable bonds is 4. The van der Waals surface area contributed by atoms with Gasteiger partial charge >= 0.3 is 0 Å². The summed E-state index contributed by atoms with van der Waals surface area (Å²) in [5.41, 5.74) is 1.77. The SMILES string of the molecule is CN(C)c1cccc(C(=O)N2CCC(Oc3nc4c(F)cc(F)cc4s3)CC2)c1. The Morgan fingerprint density at radius 2 is 1.97 bits per heavy atom. The predicted octanol–water partition coefficient (Wildman–Crippen LogP) is 4.32. The number of hydrogen-bond acceptors (Lipinski definition) is 5. The van der Waals surface area contributed by atoms with Gasteiger partial charge in [-0.1, -0.05) is 17.4 Å². The molecule has 4 rings (SSSR count). The van der Waals surface area contributed by atoms with Crippen molar-refractivity contribution >= 4 is 33.1 Å². The molecule has 0 saturated carbocycles. The molecule has 8 heteroatoms. The number of hydrogen-bond donors (Lipinski definition) is 0. The Morgan fingerprint density at radius 3 is 2.69 bits per heavy atom. The van der Waals surface area contributed by atoms with Crippen LogP contribution in [-0.2, 0) is 0 Å². The van der Waals surface area contributed by atoms with Crippen molar-refractivity contribution in [2.45, 2.75) is 18.9 Å². The largest absolute Gasteiger partial charge is 0.467 e. The first-order valence-electron chi connectivity index (χ1n) is 9.39. The van der Waals surface area contributed by atoms with Crippen molar-refractivity contribution in [3.8, 4) is 5.19 Å². The molecule has 0 radical (unpaired) electrons. The van der Waals surface area contributed by atoms with Gasteiger partial charge in [0.15, 0.2) is 5.82 Å². The smallest absolute Gasteiger partial charge is 0.274 e. The number of thiazole rings is 1. The van der Waals surface area contributed by atoms with E-state index in [0.29, 0.717) is 41.4 Å². The van der Waals surface area contributed by atoms with E-state index < -0.39 is 11.6 Å². The van der Waals surface area contributed by atoms with Crippen molar-refractivity contribution in [2.24, 2.45) is 0 Å². The molecule has 2 heterocycles. The highest BCUT2D eigenvalue weighted by Crippen LogP contribution is 2.32. The van der Waals surface area contributed by atoms with Crippen molar-refractivity contribution in [1.82, 2.24) is 9.88 Å². The lowest BCUT2D eigenvalue weighted by molar-refractivity contribution is 0.0595. The van der Waals surface area contributed by atoms with E-state index in [1.807, 2.05) is 48.2 Å². The highest BCUT2D eigenvalue weighted by molar-refractivity contribution is 7.20. The molecular formula is C21H21F2N3O2S. The van der Waals surface area contributed by atoms with E-state index in [0.717, 1.165) is 23.1 Å². The Hall–Kier alpha value is -2.74. The summed E-state index contributed by atoms with van der Waals surface area (Å²) in [4.78, 5) is 20.7. The van der Waals surface area contributed by atoms with Gasteiger partial charge in [-0.05, 0) is 24.3 Å². The predicted molar refractivity (Wildman–Crippen MR) is 110 cm³/mol. The van der Waals surface area contributed by atoms with Crippen LogP contribution in [0.5, 0.6) is 5.19 Å². The maximum absolute atomic E-state index is 13.8. The number of nitrogens with zero attached hydrogens (tertiary/aromatic N) is 3. The van der Waals surface area contributed by atoms with E-state index in [-0.39, 0.29) is 17.5 Å². The number of anilines is 1. The number of carbonyl (C=O) groups is 1. The molecular weight excluding hydrogens is 396 g/mol. The molecule has 29 heavy (non-hydrogen) atoms. The van der Waals surface area contributed by atoms with Gasteiger partial charge < -0.3 is 14.5 Å². The number of benzene rings is 2. The van der Waals surface area contributed by atoms with Crippen molar-refractivity contribution in [3.05, 3.63) is 53.6 Å². The van der Waals surface area contributed by atoms with Crippen LogP contribution >= 0.6 is 11.3 Å². The monoisotopic (exact) mass is 417 g/mol. The molecule has 0 spiro atoms. The van der Waals surface area contributed by atoms with Crippen LogP contribution in [0, 0.1) is 11.6 Å². The maximum Gasteiger partial charge on any atom is 0.274 e. The number of fused-ring (bicyclic) bond motifs is 1. The fourth-order valence-electron chi connectivity index (χ4n) is 3.41. The lowest BCUT2D eigenvalue weighted by Gasteiger charge is -2.31. The van der Waals surface area contributed by atoms with Crippen LogP contribution in [-0.4, -0.2) is 49.1 Å². The first-order chi connectivity index (χ1) is 13.9. The van der Waals surface area contributed by atoms with E-state index in [9.17, 15) is 13.6 Å². The molecule has 0 aliphatic carbocycles. The van der Waals surface area contributed by atoms with Crippen LogP contribution in [0.1, 0.15) is 23.2 Å². The fraction of sp³-hybridized carbons (Fsp3) is 0.333. The topological polar surface area (TPSA) is 45.7 Å². The molecule has 0 bridgehead atoms. The van der Waals surface area contributed by atoms with Gasteiger partial charge in [0.2, 0.25) is 0 Å². The van der Waals surface area contributed by atoms with Crippen molar-refractivity contribution in [3.63, 3.8) is 0 Å². The van der Waals surface area contributed by atoms with E-state index in [1.54, 1.807) is 0 Å². The molecule has 1 aliphatic rings. The van der Waals surface area contributed by atoms with Gasteiger partial charge in [0.1, 0.15) is 17.4 Å². The summed E-state index contributed by atoms with van der Waals surface area (Å²) in [7, 11) is 3.88. The third-order valence-electron chi connectivity index (χ3n) is 5.00. The second kappa shape index (κ2) is 7.94. The quantitative estimate of drug-likeness (QED) is 0.634. The summed E-state index contributed by atoms with van der Waals surface area (Å²) in [6.45, 7) is 1.15. The molecule has 1 amide bonds. The summed E-state index contributed by atoms with van der Waals surface area (Å²) >= 11 is 1.13. The first kappa shape index (κ1) is 19.6. The Labute approximate surface area is 171 Å². The average Bonchev–Trinajstić information content (AvgIpc) is 3.10. The van der Waals surface area contributed by atoms with Gasteiger partial charge in [0, 0.05) is 57.3 Å². The summed E-state index contributed by atoms with van der Waals surface area (Å²) in [6.07, 6.45) is 1.21. The highest BCUT2D eigenvalue weighted by atomic mass is 32.1. The van der Waals surface area contributed by atoms with Crippen molar-refractivity contribution in [2.75, 3.05) is 32.1 Å². The average molecular weight is 417 g/mol. The Kier molecular flexibility index (Phi) is 5.36. The van der Waals surface area contributed by atoms with Gasteiger partial charge in [-0.3, -0.25) is 4.79 Å². The second-order valence-electron chi connectivity index (χ2n) is 7.27. The van der Waals surface area contributed by atoms with Crippen LogP contribution in [0.3, 0.4) is 0 Å². The summed E-state index contributed by atoms with van der Waals surface area (Å²) in [6, 6.07) is 9.64. The molecule has 5 nitrogen and oxygen atoms in total. The summed E-state index contributed by atoms with van der Waals surface area (Å²) in [5.74, 6) is -1.31. The molecule has 1 aromatic heterocycles. The molecule has 1 aliphatic heterocycles. The minimum atomic E-state index is -0.688. The van der Waals surface area contributed by atoms with E-state index in [1.165, 1.54) is 6.07 Å². The Balaban J connectivity index is 1.39. The molecule has 152 valence electrons. The lowest BCUT2D eigenvalue weighted by atomic mass is 10.1. The fourth-order valence-corrected chi connectivity index (χ4v) is 4.33. The van der Waals surface area contributed by atoms with Gasteiger partial charge in [0.25, 0.3) is 11.1 Å². The lowest BCUT2D eigenvalue weighted by Crippen LogP contribution is -2.41. The third-order valence-corrected chi connectivity index (χ3v) is 5.89. The van der Waals surface area contributed by atoms with Crippen molar-refractivity contribution < 1.29 is 18.3 Å². The van der Waals surface area contributed by atoms with Crippen LogP contribution < -0.4 is 9.64 Å². The highest BCUT2D eigenvalue weighted by Gasteiger charge is 2.26. The van der Waals surface area contributed by atoms with E-state index in [2.05, 4.69) is 4.98 Å². The third kappa shape index (κ3) is 4.17. The first-order valence-corrected chi connectivity index (χ1v) is 10.2. The van der Waals surface area contributed by atoms with Crippen molar-refractivity contribution in [1.29, 1.82) is 0 Å². The minimum absolute atomic E-state index is 0.00434. The van der Waals surface area contributed by atoms with Gasteiger partial charge in [-0.2, -0.15) is 4.98 Å². The zero-order valence-corrected chi connectivity index (χ0v) is 17.0. The second-order valence-corrected chi connectivity index (χ2v) is 8.26. The summed E-state index contributed by atoms with van der Waals surface area (Å²) in [5, 5.41) is 0.327. The Morgan fingerprint density at radius 1 is 1.21 bits per heavy atom. The van der Waals surface area contributed by atoms with Crippen LogP contribution in [0.25, 0.3) is 10.2 Å². The number of halogens is 2. The molecule has 0 atom stereocenters. The summed E-state index contributed by atoms with van der Waals surface area (Å²) < 4.78 is 33.5. The van der Waals surface area contributed by atoms with Gasteiger partial charge in [-0.15, -0.1) is 0 Å². The maximum atomic E-state index is 13.8. The van der Waals surface area contributed by atoms with Crippen LogP contribution in [0.2, 0.25) is 0 Å². The molecule has 2 aromatic carbocycles. The molecule has 1 fully saturated rings. The molecule has 1 saturated heterocycles. The number of ether oxygens (including phenoxy) is 1. The minimum Gasteiger partial charge on any atom is -0.467 e. The molecule has 3 aromatic rings. The number of aromatic nitrogens is 1. The number of amides is 1. The van der Waals surface area contributed by atoms with Crippen LogP contribution in [0.4, 0.5) is 14.5 Å². The number of likely N-dealkylation sites (tertiary alicyclic amines) is 1. The van der Waals surface area contributed by atoms with Gasteiger partial charge in [-0.25, -0.2) is 8.78 Å². The molecule has 0 N–H and O–H groups in total. The van der Waals surface area contributed by atoms with Crippen LogP contribution in [0.15, 0.2) is 36.4 Å². The Bertz CT molecular complexity index is 1050. The van der Waals surface area contributed by atoms with E-state index >= 15 is 0 Å². The number of piperidine rings is 1. The normalized spacial score (nSPS) is 15.0. The molecule has 0 unspecified atom stereocenters. The standard InChI is InChI=1S/C21H21F2N3O2S/c1-25(2)15-5-3-4-13(10-15)20(27)26-8-6-16(7-9-26)28-21-24-19-17(23)11-14(22)12-18(19)29-21/h3-5,10-12,16H,6-9H2,1-2H3. The van der Waals surface area contributed by atoms with Gasteiger partial charge in [0.05, 0.1) is 4.70 Å². The zero-order chi connectivity index (χ0) is 20.5.